The average Bonchev–Trinajstić information content (AvgIpc) is 1.25. The van der Waals surface area contributed by atoms with Crippen LogP contribution in [0.4, 0.5) is 0 Å². The summed E-state index contributed by atoms with van der Waals surface area (Å²) in [5.41, 5.74) is 0. The Kier molecular flexibility index (Phi) is 65.5. The Bertz CT molecular complexity index is 1820. The Balaban J connectivity index is 5.23. The highest BCUT2D eigenvalue weighted by molar-refractivity contribution is 7.47. The molecular formula is C75H146O17P2. The summed E-state index contributed by atoms with van der Waals surface area (Å²) in [5, 5.41) is 10.6. The number of esters is 4. The Morgan fingerprint density at radius 2 is 0.489 bits per heavy atom. The van der Waals surface area contributed by atoms with E-state index in [1.165, 1.54) is 199 Å². The van der Waals surface area contributed by atoms with Crippen LogP contribution in [0.5, 0.6) is 0 Å². The van der Waals surface area contributed by atoms with E-state index in [9.17, 15) is 43.2 Å². The second-order valence-corrected chi connectivity index (χ2v) is 30.9. The van der Waals surface area contributed by atoms with Gasteiger partial charge < -0.3 is 33.8 Å². The lowest BCUT2D eigenvalue weighted by molar-refractivity contribution is -0.161. The normalized spacial score (nSPS) is 14.0. The average molecular weight is 1380 g/mol. The molecule has 0 amide bonds. The summed E-state index contributed by atoms with van der Waals surface area (Å²) in [7, 11) is -9.91. The second kappa shape index (κ2) is 66.9. The third kappa shape index (κ3) is 68.6. The maximum atomic E-state index is 13.1. The quantitative estimate of drug-likeness (QED) is 0.0222. The Morgan fingerprint density at radius 3 is 0.723 bits per heavy atom. The monoisotopic (exact) mass is 1380 g/mol. The van der Waals surface area contributed by atoms with Gasteiger partial charge in [-0.3, -0.25) is 37.3 Å². The highest BCUT2D eigenvalue weighted by Crippen LogP contribution is 2.45. The lowest BCUT2D eigenvalue weighted by Gasteiger charge is -2.21. The first-order valence-electron chi connectivity index (χ1n) is 39.0. The van der Waals surface area contributed by atoms with Crippen LogP contribution in [0.15, 0.2) is 0 Å². The van der Waals surface area contributed by atoms with Gasteiger partial charge in [-0.05, 0) is 37.5 Å². The first-order chi connectivity index (χ1) is 45.4. The lowest BCUT2D eigenvalue weighted by atomic mass is 10.0. The van der Waals surface area contributed by atoms with Crippen LogP contribution in [0.25, 0.3) is 0 Å². The summed E-state index contributed by atoms with van der Waals surface area (Å²) in [6.07, 6.45) is 54.1. The number of carbonyl (C=O) groups excluding carboxylic acids is 4. The predicted octanol–water partition coefficient (Wildman–Crippen LogP) is 21.9. The zero-order valence-electron chi connectivity index (χ0n) is 61.3. The summed E-state index contributed by atoms with van der Waals surface area (Å²) < 4.78 is 68.5. The number of hydrogen-bond acceptors (Lipinski definition) is 15. The molecule has 0 aliphatic heterocycles. The van der Waals surface area contributed by atoms with Crippen molar-refractivity contribution in [2.45, 2.75) is 407 Å². The molecule has 2 unspecified atom stereocenters. The van der Waals surface area contributed by atoms with E-state index in [0.717, 1.165) is 102 Å². The third-order valence-electron chi connectivity index (χ3n) is 17.5. The molecule has 0 rings (SSSR count). The van der Waals surface area contributed by atoms with Crippen LogP contribution in [0, 0.1) is 11.8 Å². The van der Waals surface area contributed by atoms with Crippen molar-refractivity contribution in [3.05, 3.63) is 0 Å². The molecule has 0 aromatic rings. The molecule has 0 aromatic carbocycles. The smallest absolute Gasteiger partial charge is 0.462 e. The number of ether oxygens (including phenoxy) is 4. The van der Waals surface area contributed by atoms with Gasteiger partial charge in [-0.2, -0.15) is 0 Å². The summed E-state index contributed by atoms with van der Waals surface area (Å²) in [4.78, 5) is 72.7. The van der Waals surface area contributed by atoms with Gasteiger partial charge in [0.25, 0.3) is 0 Å². The van der Waals surface area contributed by atoms with Crippen molar-refractivity contribution in [1.29, 1.82) is 0 Å². The van der Waals surface area contributed by atoms with Gasteiger partial charge in [0.1, 0.15) is 19.3 Å². The highest BCUT2D eigenvalue weighted by atomic mass is 31.2. The van der Waals surface area contributed by atoms with Gasteiger partial charge in [0.15, 0.2) is 12.2 Å². The zero-order valence-corrected chi connectivity index (χ0v) is 63.1. The molecule has 0 aliphatic rings. The van der Waals surface area contributed by atoms with Gasteiger partial charge in [0, 0.05) is 25.7 Å². The molecule has 0 fully saturated rings. The fourth-order valence-electron chi connectivity index (χ4n) is 11.5. The van der Waals surface area contributed by atoms with Gasteiger partial charge >= 0.3 is 39.5 Å². The molecule has 0 bridgehead atoms. The van der Waals surface area contributed by atoms with Crippen molar-refractivity contribution in [2.75, 3.05) is 39.6 Å². The van der Waals surface area contributed by atoms with Gasteiger partial charge in [0.05, 0.1) is 26.4 Å². The molecule has 94 heavy (non-hydrogen) atoms. The third-order valence-corrected chi connectivity index (χ3v) is 19.4. The van der Waals surface area contributed by atoms with Crippen LogP contribution < -0.4 is 0 Å². The Hall–Kier alpha value is -1.94. The molecule has 0 spiro atoms. The number of hydrogen-bond donors (Lipinski definition) is 3. The molecule has 5 atom stereocenters. The molecule has 0 saturated carbocycles. The number of phosphoric ester groups is 2. The highest BCUT2D eigenvalue weighted by Gasteiger charge is 2.30. The lowest BCUT2D eigenvalue weighted by Crippen LogP contribution is -2.30. The number of rotatable bonds is 74. The summed E-state index contributed by atoms with van der Waals surface area (Å²) in [5.74, 6) is -0.630. The van der Waals surface area contributed by atoms with Crippen LogP contribution in [-0.4, -0.2) is 96.7 Å². The summed E-state index contributed by atoms with van der Waals surface area (Å²) in [6, 6.07) is 0. The minimum absolute atomic E-state index is 0.106. The van der Waals surface area contributed by atoms with E-state index in [0.29, 0.717) is 31.6 Å². The fourth-order valence-corrected chi connectivity index (χ4v) is 13.1. The van der Waals surface area contributed by atoms with E-state index < -0.39 is 97.5 Å². The Morgan fingerprint density at radius 1 is 0.287 bits per heavy atom. The molecule has 3 N–H and O–H groups in total. The minimum atomic E-state index is -4.96. The van der Waals surface area contributed by atoms with Gasteiger partial charge in [-0.25, -0.2) is 9.13 Å². The van der Waals surface area contributed by atoms with Crippen LogP contribution in [0.3, 0.4) is 0 Å². The van der Waals surface area contributed by atoms with Gasteiger partial charge in [0.2, 0.25) is 0 Å². The van der Waals surface area contributed by atoms with Crippen molar-refractivity contribution in [3.8, 4) is 0 Å². The van der Waals surface area contributed by atoms with E-state index >= 15 is 0 Å². The summed E-state index contributed by atoms with van der Waals surface area (Å²) >= 11 is 0. The second-order valence-electron chi connectivity index (χ2n) is 28.0. The zero-order chi connectivity index (χ0) is 69.3. The van der Waals surface area contributed by atoms with Crippen LogP contribution in [0.1, 0.15) is 388 Å². The van der Waals surface area contributed by atoms with Crippen molar-refractivity contribution in [3.63, 3.8) is 0 Å². The molecule has 558 valence electrons. The van der Waals surface area contributed by atoms with E-state index in [2.05, 4.69) is 41.5 Å². The van der Waals surface area contributed by atoms with Crippen molar-refractivity contribution in [1.82, 2.24) is 0 Å². The van der Waals surface area contributed by atoms with Gasteiger partial charge in [-0.15, -0.1) is 0 Å². The van der Waals surface area contributed by atoms with Gasteiger partial charge in [-0.1, -0.05) is 337 Å². The van der Waals surface area contributed by atoms with E-state index in [1.54, 1.807) is 0 Å². The van der Waals surface area contributed by atoms with E-state index in [1.807, 2.05) is 0 Å². The molecule has 0 saturated heterocycles. The summed E-state index contributed by atoms with van der Waals surface area (Å²) in [6.45, 7) is 9.54. The largest absolute Gasteiger partial charge is 0.472 e. The number of phosphoric acid groups is 2. The number of aliphatic hydroxyl groups excluding tert-OH is 1. The van der Waals surface area contributed by atoms with E-state index in [-0.39, 0.29) is 25.7 Å². The van der Waals surface area contributed by atoms with E-state index in [4.69, 9.17) is 37.0 Å². The predicted molar refractivity (Wildman–Crippen MR) is 381 cm³/mol. The molecule has 0 aromatic heterocycles. The molecule has 17 nitrogen and oxygen atoms in total. The Labute approximate surface area is 575 Å². The molecular weight excluding hydrogens is 1230 g/mol. The topological polar surface area (TPSA) is 237 Å². The van der Waals surface area contributed by atoms with Crippen LogP contribution in [-0.2, 0) is 65.4 Å². The SMILES string of the molecule is CCCCCCCCCCCCCCCCCCCCC(=O)O[C@H](COC(=O)CCCCCCCCCCCCCCC(C)C)COP(=O)(O)OC[C@@H](O)COP(=O)(O)OC[C@@H](COC(=O)CCCCCCCCCC(C)C)OC(=O)CCCCCCCCCCCCC. The fraction of sp³-hybridized carbons (Fsp3) is 0.947. The standard InChI is InChI=1S/C75H146O17P2/c1-7-9-11-13-15-17-19-20-21-22-23-24-25-31-35-41-48-54-60-75(80)91-70(63-85-72(77)57-51-45-39-33-30-27-26-29-32-37-43-49-55-67(3)4)65-89-93(81,82)87-61-69(76)62-88-94(83,84)90-66-71(64-86-73(78)58-52-46-42-36-38-44-50-56-68(5)6)92-74(79)59-53-47-40-34-28-18-16-14-12-10-8-2/h67-71,76H,7-66H2,1-6H3,(H,81,82)(H,83,84)/t69-,70-,71-/m1/s1. The maximum Gasteiger partial charge on any atom is 0.472 e. The molecule has 0 radical (unpaired) electrons. The number of carbonyl (C=O) groups is 4. The first-order valence-corrected chi connectivity index (χ1v) is 42.0. The molecule has 19 heteroatoms. The number of aliphatic hydroxyl groups is 1. The van der Waals surface area contributed by atoms with Crippen molar-refractivity contribution in [2.24, 2.45) is 11.8 Å². The van der Waals surface area contributed by atoms with Crippen molar-refractivity contribution < 1.29 is 80.2 Å². The maximum absolute atomic E-state index is 13.1. The molecule has 0 aliphatic carbocycles. The van der Waals surface area contributed by atoms with Crippen LogP contribution in [0.2, 0.25) is 0 Å². The first kappa shape index (κ1) is 92.1. The molecule has 0 heterocycles. The van der Waals surface area contributed by atoms with Crippen molar-refractivity contribution >= 4 is 39.5 Å². The van der Waals surface area contributed by atoms with Crippen LogP contribution >= 0.6 is 15.6 Å². The number of unbranched alkanes of at least 4 members (excludes halogenated alkanes) is 44. The minimum Gasteiger partial charge on any atom is -0.462 e.